The number of aromatic nitrogens is 4. The second-order valence-corrected chi connectivity index (χ2v) is 8.01. The number of anilines is 3. The van der Waals surface area contributed by atoms with Crippen molar-refractivity contribution in [3.05, 3.63) is 71.7 Å². The van der Waals surface area contributed by atoms with Gasteiger partial charge in [0.05, 0.1) is 16.6 Å². The molecule has 0 aliphatic carbocycles. The molecule has 0 bridgehead atoms. The first-order valence-corrected chi connectivity index (χ1v) is 10.6. The van der Waals surface area contributed by atoms with Crippen molar-refractivity contribution >= 4 is 39.3 Å². The van der Waals surface area contributed by atoms with Gasteiger partial charge in [0.2, 0.25) is 5.95 Å². The molecule has 0 atom stereocenters. The highest BCUT2D eigenvalue weighted by Crippen LogP contribution is 2.37. The average Bonchev–Trinajstić information content (AvgIpc) is 3.14. The topological polar surface area (TPSA) is 67.7 Å². The highest BCUT2D eigenvalue weighted by Gasteiger charge is 2.18. The van der Waals surface area contributed by atoms with Crippen molar-refractivity contribution in [1.82, 2.24) is 19.7 Å². The average molecular weight is 462 g/mol. The summed E-state index contributed by atoms with van der Waals surface area (Å²) in [5.74, 6) is 0.108. The molecule has 2 N–H and O–H groups in total. The Labute approximate surface area is 193 Å². The van der Waals surface area contributed by atoms with Crippen LogP contribution in [0.2, 0.25) is 0 Å². The fourth-order valence-corrected chi connectivity index (χ4v) is 4.16. The second-order valence-electron chi connectivity index (χ2n) is 8.01. The van der Waals surface area contributed by atoms with E-state index in [9.17, 15) is 13.2 Å². The molecule has 0 saturated heterocycles. The number of nitrogens with zero attached hydrogens (tertiary/aromatic N) is 4. The fourth-order valence-electron chi connectivity index (χ4n) is 4.16. The van der Waals surface area contributed by atoms with Gasteiger partial charge in [-0.05, 0) is 54.4 Å². The Kier molecular flexibility index (Phi) is 5.31. The summed E-state index contributed by atoms with van der Waals surface area (Å²) >= 11 is 0. The summed E-state index contributed by atoms with van der Waals surface area (Å²) in [7, 11) is 3.60. The number of benzene rings is 3. The number of hydrogen-bond acceptors (Lipinski definition) is 5. The predicted octanol–water partition coefficient (Wildman–Crippen LogP) is 6.35. The SMILES string of the molecule is CNc1ncc2cc(-c3c(C)ccc4c(Nc5ccc(F)c(C(F)F)c5)nn(C)c34)ccc2n1. The third-order valence-electron chi connectivity index (χ3n) is 5.80. The van der Waals surface area contributed by atoms with Crippen LogP contribution in [0.5, 0.6) is 0 Å². The molecule has 0 unspecified atom stereocenters. The van der Waals surface area contributed by atoms with Gasteiger partial charge in [0, 0.05) is 42.3 Å². The van der Waals surface area contributed by atoms with Crippen LogP contribution in [0.25, 0.3) is 32.9 Å². The number of fused-ring (bicyclic) bond motifs is 2. The van der Waals surface area contributed by atoms with Gasteiger partial charge in [0.15, 0.2) is 5.82 Å². The molecule has 0 spiro atoms. The molecule has 5 aromatic rings. The van der Waals surface area contributed by atoms with Crippen LogP contribution in [0, 0.1) is 12.7 Å². The molecular weight excluding hydrogens is 441 g/mol. The molecule has 0 fully saturated rings. The minimum absolute atomic E-state index is 0.335. The van der Waals surface area contributed by atoms with Gasteiger partial charge >= 0.3 is 0 Å². The predicted molar refractivity (Wildman–Crippen MR) is 128 cm³/mol. The minimum atomic E-state index is -2.91. The van der Waals surface area contributed by atoms with Crippen molar-refractivity contribution in [3.63, 3.8) is 0 Å². The van der Waals surface area contributed by atoms with E-state index >= 15 is 0 Å². The Bertz CT molecular complexity index is 1540. The Hall–Kier alpha value is -4.14. The number of aryl methyl sites for hydroxylation is 2. The maximum Gasteiger partial charge on any atom is 0.266 e. The van der Waals surface area contributed by atoms with Crippen LogP contribution in [0.3, 0.4) is 0 Å². The number of alkyl halides is 2. The number of halogens is 3. The van der Waals surface area contributed by atoms with Gasteiger partial charge in [-0.25, -0.2) is 23.1 Å². The van der Waals surface area contributed by atoms with Crippen LogP contribution in [-0.4, -0.2) is 26.8 Å². The van der Waals surface area contributed by atoms with Gasteiger partial charge in [-0.15, -0.1) is 0 Å². The maximum absolute atomic E-state index is 13.7. The molecule has 9 heteroatoms. The summed E-state index contributed by atoms with van der Waals surface area (Å²) in [5, 5.41) is 12.3. The van der Waals surface area contributed by atoms with Gasteiger partial charge < -0.3 is 10.6 Å². The fraction of sp³-hybridized carbons (Fsp3) is 0.160. The van der Waals surface area contributed by atoms with Crippen molar-refractivity contribution in [1.29, 1.82) is 0 Å². The molecule has 3 aromatic carbocycles. The second kappa shape index (κ2) is 8.33. The third-order valence-corrected chi connectivity index (χ3v) is 5.80. The molecular formula is C25H21F3N6. The first kappa shape index (κ1) is 21.7. The number of rotatable bonds is 5. The van der Waals surface area contributed by atoms with E-state index in [0.29, 0.717) is 17.5 Å². The highest BCUT2D eigenvalue weighted by molar-refractivity contribution is 6.03. The first-order chi connectivity index (χ1) is 16.4. The Morgan fingerprint density at radius 1 is 1.03 bits per heavy atom. The van der Waals surface area contributed by atoms with Crippen LogP contribution in [0.15, 0.2) is 54.7 Å². The summed E-state index contributed by atoms with van der Waals surface area (Å²) in [6.45, 7) is 2.02. The van der Waals surface area contributed by atoms with Crippen molar-refractivity contribution < 1.29 is 13.2 Å². The Morgan fingerprint density at radius 2 is 1.85 bits per heavy atom. The molecule has 2 heterocycles. The standard InChI is InChI=1S/C25H21F3N6/c1-13-4-7-17-22(21(13)14-5-9-20-15(10-14)12-30-25(29-2)32-20)34(3)33-24(17)31-16-6-8-19(26)18(11-16)23(27)28/h4-12,23H,1-3H3,(H,31,33)(H,29,30,32). The lowest BCUT2D eigenvalue weighted by Gasteiger charge is -2.11. The van der Waals surface area contributed by atoms with Gasteiger partial charge in [-0.3, -0.25) is 4.68 Å². The zero-order chi connectivity index (χ0) is 24.0. The summed E-state index contributed by atoms with van der Waals surface area (Å²) in [6.07, 6.45) is -1.13. The van der Waals surface area contributed by atoms with E-state index in [2.05, 4.69) is 25.7 Å². The van der Waals surface area contributed by atoms with E-state index in [-0.39, 0.29) is 0 Å². The van der Waals surface area contributed by atoms with Crippen LogP contribution < -0.4 is 10.6 Å². The molecule has 34 heavy (non-hydrogen) atoms. The summed E-state index contributed by atoms with van der Waals surface area (Å²) < 4.78 is 41.8. The smallest absolute Gasteiger partial charge is 0.266 e. The normalized spacial score (nSPS) is 11.5. The Balaban J connectivity index is 1.62. The van der Waals surface area contributed by atoms with Crippen LogP contribution >= 0.6 is 0 Å². The van der Waals surface area contributed by atoms with Crippen LogP contribution in [-0.2, 0) is 7.05 Å². The maximum atomic E-state index is 13.7. The number of nitrogens with one attached hydrogen (secondary N) is 2. The van der Waals surface area contributed by atoms with Crippen molar-refractivity contribution in [2.24, 2.45) is 7.05 Å². The molecule has 172 valence electrons. The summed E-state index contributed by atoms with van der Waals surface area (Å²) in [4.78, 5) is 8.79. The van der Waals surface area contributed by atoms with E-state index in [1.807, 2.05) is 44.3 Å². The van der Waals surface area contributed by atoms with Crippen molar-refractivity contribution in [3.8, 4) is 11.1 Å². The monoisotopic (exact) mass is 462 g/mol. The molecule has 2 aromatic heterocycles. The van der Waals surface area contributed by atoms with Crippen LogP contribution in [0.1, 0.15) is 17.6 Å². The van der Waals surface area contributed by atoms with E-state index in [1.165, 1.54) is 6.07 Å². The first-order valence-electron chi connectivity index (χ1n) is 10.6. The van der Waals surface area contributed by atoms with Crippen LogP contribution in [0.4, 0.5) is 30.6 Å². The molecule has 6 nitrogen and oxygen atoms in total. The lowest BCUT2D eigenvalue weighted by molar-refractivity contribution is 0.146. The Morgan fingerprint density at radius 3 is 2.62 bits per heavy atom. The van der Waals surface area contributed by atoms with Gasteiger partial charge in [-0.1, -0.05) is 12.1 Å². The molecule has 0 amide bonds. The molecule has 0 aliphatic rings. The van der Waals surface area contributed by atoms with E-state index in [1.54, 1.807) is 17.9 Å². The quantitative estimate of drug-likeness (QED) is 0.318. The molecule has 5 rings (SSSR count). The largest absolute Gasteiger partial charge is 0.357 e. The van der Waals surface area contributed by atoms with Gasteiger partial charge in [-0.2, -0.15) is 5.10 Å². The summed E-state index contributed by atoms with van der Waals surface area (Å²) in [5.41, 5.74) is 4.41. The molecule has 0 saturated carbocycles. The molecule has 0 radical (unpaired) electrons. The zero-order valence-electron chi connectivity index (χ0n) is 18.7. The minimum Gasteiger partial charge on any atom is -0.357 e. The van der Waals surface area contributed by atoms with Crippen molar-refractivity contribution in [2.45, 2.75) is 13.3 Å². The zero-order valence-corrected chi connectivity index (χ0v) is 18.7. The van der Waals surface area contributed by atoms with Crippen molar-refractivity contribution in [2.75, 3.05) is 17.7 Å². The lowest BCUT2D eigenvalue weighted by Crippen LogP contribution is -1.97. The van der Waals surface area contributed by atoms with E-state index in [0.717, 1.165) is 50.6 Å². The number of hydrogen-bond donors (Lipinski definition) is 2. The van der Waals surface area contributed by atoms with E-state index in [4.69, 9.17) is 0 Å². The highest BCUT2D eigenvalue weighted by atomic mass is 19.3. The lowest BCUT2D eigenvalue weighted by atomic mass is 9.96. The third kappa shape index (κ3) is 3.68. The molecule has 0 aliphatic heterocycles. The van der Waals surface area contributed by atoms with E-state index < -0.39 is 17.8 Å². The summed E-state index contributed by atoms with van der Waals surface area (Å²) in [6, 6.07) is 13.5. The van der Waals surface area contributed by atoms with Gasteiger partial charge in [0.1, 0.15) is 5.82 Å². The van der Waals surface area contributed by atoms with Gasteiger partial charge in [0.25, 0.3) is 6.43 Å².